The van der Waals surface area contributed by atoms with Crippen molar-refractivity contribution >= 4 is 29.0 Å². The highest BCUT2D eigenvalue weighted by atomic mass is 24.3. The predicted octanol–water partition coefficient (Wildman–Crippen LogP) is 2.83. The summed E-state index contributed by atoms with van der Waals surface area (Å²) >= 11 is 0. The SMILES string of the molecule is CCCCCCCCCCCCC(O)C(=O)O.[MgH2]. The largest absolute Gasteiger partial charge is 0.479 e. The molecule has 0 fully saturated rings. The highest BCUT2D eigenvalue weighted by Gasteiger charge is 2.11. The minimum atomic E-state index is -1.16. The fraction of sp³-hybridized carbons (Fsp3) is 0.929. The molecular formula is C14H30MgO3. The van der Waals surface area contributed by atoms with Gasteiger partial charge in [-0.15, -0.1) is 0 Å². The summed E-state index contributed by atoms with van der Waals surface area (Å²) in [4.78, 5) is 10.3. The third-order valence-electron chi connectivity index (χ3n) is 3.12. The van der Waals surface area contributed by atoms with Crippen LogP contribution in [0.3, 0.4) is 0 Å². The minimum absolute atomic E-state index is 0. The van der Waals surface area contributed by atoms with E-state index in [0.29, 0.717) is 6.42 Å². The summed E-state index contributed by atoms with van der Waals surface area (Å²) < 4.78 is 0. The molecule has 0 radical (unpaired) electrons. The molecule has 0 aliphatic rings. The summed E-state index contributed by atoms with van der Waals surface area (Å²) in [5.41, 5.74) is 0. The molecule has 1 atom stereocenters. The van der Waals surface area contributed by atoms with Gasteiger partial charge in [0, 0.05) is 0 Å². The van der Waals surface area contributed by atoms with Gasteiger partial charge >= 0.3 is 29.0 Å². The molecule has 0 saturated heterocycles. The molecule has 2 N–H and O–H groups in total. The van der Waals surface area contributed by atoms with Crippen molar-refractivity contribution in [2.45, 2.75) is 83.7 Å². The van der Waals surface area contributed by atoms with E-state index in [1.165, 1.54) is 51.4 Å². The van der Waals surface area contributed by atoms with E-state index in [2.05, 4.69) is 6.92 Å². The third-order valence-corrected chi connectivity index (χ3v) is 3.12. The van der Waals surface area contributed by atoms with Gasteiger partial charge in [0.15, 0.2) is 6.10 Å². The van der Waals surface area contributed by atoms with Crippen LogP contribution < -0.4 is 0 Å². The zero-order valence-electron chi connectivity index (χ0n) is 11.2. The zero-order valence-corrected chi connectivity index (χ0v) is 11.2. The molecule has 0 bridgehead atoms. The van der Waals surface area contributed by atoms with E-state index < -0.39 is 12.1 Å². The van der Waals surface area contributed by atoms with Crippen LogP contribution in [0.5, 0.6) is 0 Å². The molecule has 4 heteroatoms. The van der Waals surface area contributed by atoms with Gasteiger partial charge in [-0.25, -0.2) is 4.79 Å². The van der Waals surface area contributed by atoms with Crippen molar-refractivity contribution in [2.75, 3.05) is 0 Å². The number of rotatable bonds is 12. The summed E-state index contributed by atoms with van der Waals surface area (Å²) in [5.74, 6) is -1.10. The normalized spacial score (nSPS) is 11.9. The van der Waals surface area contributed by atoms with Crippen LogP contribution in [0.2, 0.25) is 0 Å². The van der Waals surface area contributed by atoms with Crippen LogP contribution in [-0.2, 0) is 4.79 Å². The molecule has 18 heavy (non-hydrogen) atoms. The highest BCUT2D eigenvalue weighted by Crippen LogP contribution is 2.11. The highest BCUT2D eigenvalue weighted by molar-refractivity contribution is 5.75. The molecule has 3 nitrogen and oxygen atoms in total. The molecule has 0 aliphatic heterocycles. The van der Waals surface area contributed by atoms with Gasteiger partial charge in [-0.05, 0) is 6.42 Å². The standard InChI is InChI=1S/C14H28O3.Mg.2H/c1-2-3-4-5-6-7-8-9-10-11-12-13(15)14(16)17;;;/h13,15H,2-12H2,1H3,(H,16,17);;;. The van der Waals surface area contributed by atoms with Gasteiger partial charge in [-0.1, -0.05) is 71.1 Å². The van der Waals surface area contributed by atoms with Gasteiger partial charge in [-0.2, -0.15) is 0 Å². The number of aliphatic hydroxyl groups excluding tert-OH is 1. The Hall–Kier alpha value is 0.196. The monoisotopic (exact) mass is 270 g/mol. The van der Waals surface area contributed by atoms with Crippen molar-refractivity contribution in [1.82, 2.24) is 0 Å². The number of hydrogen-bond acceptors (Lipinski definition) is 2. The summed E-state index contributed by atoms with van der Waals surface area (Å²) in [6.07, 6.45) is 11.5. The lowest BCUT2D eigenvalue weighted by Gasteiger charge is -2.05. The summed E-state index contributed by atoms with van der Waals surface area (Å²) in [6.45, 7) is 2.23. The maximum absolute atomic E-state index is 10.3. The quantitative estimate of drug-likeness (QED) is 0.423. The first-order chi connectivity index (χ1) is 8.18. The third kappa shape index (κ3) is 14.3. The molecule has 0 aromatic rings. The summed E-state index contributed by atoms with van der Waals surface area (Å²) in [5, 5.41) is 17.5. The zero-order chi connectivity index (χ0) is 12.9. The van der Waals surface area contributed by atoms with E-state index >= 15 is 0 Å². The van der Waals surface area contributed by atoms with Crippen LogP contribution >= 0.6 is 0 Å². The topological polar surface area (TPSA) is 57.5 Å². The van der Waals surface area contributed by atoms with Gasteiger partial charge in [0.25, 0.3) is 0 Å². The lowest BCUT2D eigenvalue weighted by atomic mass is 10.0. The second-order valence-electron chi connectivity index (χ2n) is 4.82. The van der Waals surface area contributed by atoms with E-state index in [0.717, 1.165) is 12.8 Å². The van der Waals surface area contributed by atoms with Crippen LogP contribution in [0.1, 0.15) is 77.6 Å². The number of hydrogen-bond donors (Lipinski definition) is 2. The fourth-order valence-electron chi connectivity index (χ4n) is 1.95. The predicted molar refractivity (Wildman–Crippen MR) is 78.6 cm³/mol. The summed E-state index contributed by atoms with van der Waals surface area (Å²) in [6, 6.07) is 0. The first kappa shape index (κ1) is 20.5. The molecule has 0 heterocycles. The maximum Gasteiger partial charge on any atom is 0.332 e. The van der Waals surface area contributed by atoms with Crippen molar-refractivity contribution in [3.05, 3.63) is 0 Å². The van der Waals surface area contributed by atoms with Crippen molar-refractivity contribution in [1.29, 1.82) is 0 Å². The van der Waals surface area contributed by atoms with Crippen LogP contribution in [0.15, 0.2) is 0 Å². The van der Waals surface area contributed by atoms with Crippen molar-refractivity contribution in [2.24, 2.45) is 0 Å². The molecule has 0 aromatic heterocycles. The van der Waals surface area contributed by atoms with Gasteiger partial charge in [0.2, 0.25) is 0 Å². The van der Waals surface area contributed by atoms with Gasteiger partial charge < -0.3 is 10.2 Å². The van der Waals surface area contributed by atoms with Crippen LogP contribution in [0.25, 0.3) is 0 Å². The van der Waals surface area contributed by atoms with E-state index in [4.69, 9.17) is 10.2 Å². The Morgan fingerprint density at radius 1 is 0.889 bits per heavy atom. The van der Waals surface area contributed by atoms with Crippen molar-refractivity contribution in [3.63, 3.8) is 0 Å². The average molecular weight is 271 g/mol. The molecule has 0 rings (SSSR count). The van der Waals surface area contributed by atoms with Gasteiger partial charge in [0.1, 0.15) is 0 Å². The second kappa shape index (κ2) is 15.3. The Morgan fingerprint density at radius 2 is 1.28 bits per heavy atom. The molecule has 1 unspecified atom stereocenters. The van der Waals surface area contributed by atoms with E-state index in [1.807, 2.05) is 0 Å². The molecule has 0 spiro atoms. The Labute approximate surface area is 128 Å². The lowest BCUT2D eigenvalue weighted by molar-refractivity contribution is -0.146. The van der Waals surface area contributed by atoms with Gasteiger partial charge in [0.05, 0.1) is 0 Å². The molecule has 106 valence electrons. The number of aliphatic carboxylic acids is 1. The fourth-order valence-corrected chi connectivity index (χ4v) is 1.95. The maximum atomic E-state index is 10.3. The number of unbranched alkanes of at least 4 members (excludes halogenated alkanes) is 9. The minimum Gasteiger partial charge on any atom is -0.479 e. The number of aliphatic hydroxyl groups is 1. The summed E-state index contributed by atoms with van der Waals surface area (Å²) in [7, 11) is 0. The van der Waals surface area contributed by atoms with E-state index in [9.17, 15) is 4.79 Å². The Balaban J connectivity index is 0. The molecule has 0 aliphatic carbocycles. The molecule has 0 aromatic carbocycles. The second-order valence-corrected chi connectivity index (χ2v) is 4.82. The van der Waals surface area contributed by atoms with Gasteiger partial charge in [-0.3, -0.25) is 0 Å². The molecular weight excluding hydrogens is 240 g/mol. The number of carboxylic acids is 1. The van der Waals surface area contributed by atoms with Crippen LogP contribution in [-0.4, -0.2) is 45.3 Å². The lowest BCUT2D eigenvalue weighted by Crippen LogP contribution is -2.18. The Kier molecular flexibility index (Phi) is 17.4. The molecule has 0 saturated carbocycles. The Morgan fingerprint density at radius 3 is 1.67 bits per heavy atom. The van der Waals surface area contributed by atoms with E-state index in [1.54, 1.807) is 0 Å². The smallest absolute Gasteiger partial charge is 0.332 e. The van der Waals surface area contributed by atoms with E-state index in [-0.39, 0.29) is 23.1 Å². The average Bonchev–Trinajstić information content (AvgIpc) is 2.31. The number of carboxylic acid groups (broad SMARTS) is 1. The van der Waals surface area contributed by atoms with Crippen molar-refractivity contribution in [3.8, 4) is 0 Å². The van der Waals surface area contributed by atoms with Crippen LogP contribution in [0, 0.1) is 0 Å². The first-order valence-corrected chi connectivity index (χ1v) is 7.09. The molecule has 0 amide bonds. The van der Waals surface area contributed by atoms with Crippen LogP contribution in [0.4, 0.5) is 0 Å². The first-order valence-electron chi connectivity index (χ1n) is 7.09. The Bertz CT molecular complexity index is 186. The number of carbonyl (C=O) groups is 1. The van der Waals surface area contributed by atoms with Crippen molar-refractivity contribution < 1.29 is 15.0 Å².